The van der Waals surface area contributed by atoms with Crippen LogP contribution in [0.4, 0.5) is 0 Å². The maximum Gasteiger partial charge on any atom is 0.151 e. The second kappa shape index (κ2) is 3.82. The molecule has 0 aromatic heterocycles. The first kappa shape index (κ1) is 11.2. The van der Waals surface area contributed by atoms with Crippen molar-refractivity contribution in [2.75, 3.05) is 0 Å². The van der Waals surface area contributed by atoms with Crippen LogP contribution in [0.2, 0.25) is 10.0 Å². The average Bonchev–Trinajstić information content (AvgIpc) is 2.34. The van der Waals surface area contributed by atoms with Gasteiger partial charge in [0.05, 0.1) is 0 Å². The van der Waals surface area contributed by atoms with Gasteiger partial charge in [-0.25, -0.2) is 0 Å². The van der Waals surface area contributed by atoms with Gasteiger partial charge >= 0.3 is 0 Å². The minimum Gasteiger partial charge on any atom is -0.298 e. The van der Waals surface area contributed by atoms with Crippen LogP contribution in [0.5, 0.6) is 0 Å². The minimum atomic E-state index is -0.655. The van der Waals surface area contributed by atoms with Gasteiger partial charge in [0.2, 0.25) is 0 Å². The fourth-order valence-electron chi connectivity index (χ4n) is 2.79. The summed E-state index contributed by atoms with van der Waals surface area (Å²) in [4.78, 5) is 24.2. The Hall–Kier alpha value is -0.860. The first-order valence-electron chi connectivity index (χ1n) is 5.62. The third-order valence-electron chi connectivity index (χ3n) is 3.85. The summed E-state index contributed by atoms with van der Waals surface area (Å²) in [6.07, 6.45) is 1.69. The third kappa shape index (κ3) is 1.54. The molecule has 0 aliphatic heterocycles. The Labute approximate surface area is 109 Å². The number of carbonyl (C=O) groups excluding carboxylic acids is 2. The standard InChI is InChI=1S/C13H10Cl2O2/c14-6-1-2-9(10(15)5-6)11-12(16)7-3-4-8(7)13(11)17/h1-2,5,7-8,11H,3-4H2. The van der Waals surface area contributed by atoms with E-state index in [2.05, 4.69) is 0 Å². The van der Waals surface area contributed by atoms with E-state index in [0.29, 0.717) is 15.6 Å². The fourth-order valence-corrected chi connectivity index (χ4v) is 3.31. The molecule has 0 saturated heterocycles. The van der Waals surface area contributed by atoms with Crippen LogP contribution in [0, 0.1) is 11.8 Å². The van der Waals surface area contributed by atoms with E-state index in [9.17, 15) is 9.59 Å². The van der Waals surface area contributed by atoms with Crippen LogP contribution in [-0.2, 0) is 9.59 Å². The van der Waals surface area contributed by atoms with Crippen molar-refractivity contribution in [1.82, 2.24) is 0 Å². The third-order valence-corrected chi connectivity index (χ3v) is 4.41. The molecule has 0 amide bonds. The highest BCUT2D eigenvalue weighted by Crippen LogP contribution is 2.49. The van der Waals surface area contributed by atoms with E-state index < -0.39 is 5.92 Å². The number of fused-ring (bicyclic) bond motifs is 1. The summed E-state index contributed by atoms with van der Waals surface area (Å²) in [6, 6.07) is 4.94. The molecule has 0 radical (unpaired) electrons. The largest absolute Gasteiger partial charge is 0.298 e. The zero-order valence-corrected chi connectivity index (χ0v) is 10.5. The molecule has 0 heterocycles. The highest BCUT2D eigenvalue weighted by molar-refractivity contribution is 6.35. The molecule has 4 heteroatoms. The Morgan fingerprint density at radius 3 is 2.06 bits per heavy atom. The van der Waals surface area contributed by atoms with E-state index in [-0.39, 0.29) is 23.4 Å². The van der Waals surface area contributed by atoms with Crippen molar-refractivity contribution in [2.45, 2.75) is 18.8 Å². The van der Waals surface area contributed by atoms with Gasteiger partial charge in [0.1, 0.15) is 5.92 Å². The molecule has 2 aliphatic carbocycles. The Bertz CT molecular complexity index is 502. The van der Waals surface area contributed by atoms with E-state index in [1.165, 1.54) is 0 Å². The van der Waals surface area contributed by atoms with E-state index >= 15 is 0 Å². The molecule has 0 bridgehead atoms. The summed E-state index contributed by atoms with van der Waals surface area (Å²) in [5.74, 6) is -0.693. The van der Waals surface area contributed by atoms with E-state index in [4.69, 9.17) is 23.2 Å². The lowest BCUT2D eigenvalue weighted by molar-refractivity contribution is -0.124. The number of hydrogen-bond donors (Lipinski definition) is 0. The molecule has 88 valence electrons. The van der Waals surface area contributed by atoms with Crippen LogP contribution < -0.4 is 0 Å². The second-order valence-electron chi connectivity index (χ2n) is 4.69. The fraction of sp³-hybridized carbons (Fsp3) is 0.385. The van der Waals surface area contributed by atoms with Crippen LogP contribution in [0.15, 0.2) is 18.2 Å². The van der Waals surface area contributed by atoms with Gasteiger partial charge < -0.3 is 0 Å². The maximum atomic E-state index is 12.1. The summed E-state index contributed by atoms with van der Waals surface area (Å²) in [6.45, 7) is 0. The quantitative estimate of drug-likeness (QED) is 0.733. The zero-order chi connectivity index (χ0) is 12.2. The van der Waals surface area contributed by atoms with Crippen molar-refractivity contribution in [2.24, 2.45) is 11.8 Å². The molecule has 2 atom stereocenters. The number of carbonyl (C=O) groups is 2. The average molecular weight is 269 g/mol. The molecule has 2 fully saturated rings. The molecule has 1 aromatic rings. The number of Topliss-reactive ketones (excluding diaryl/α,β-unsaturated/α-hetero) is 2. The summed E-state index contributed by atoms with van der Waals surface area (Å²) in [5.41, 5.74) is 0.612. The summed E-state index contributed by atoms with van der Waals surface area (Å²) < 4.78 is 0. The number of benzene rings is 1. The van der Waals surface area contributed by atoms with Crippen molar-refractivity contribution < 1.29 is 9.59 Å². The van der Waals surface area contributed by atoms with Gasteiger partial charge in [-0.1, -0.05) is 29.3 Å². The number of hydrogen-bond acceptors (Lipinski definition) is 2. The van der Waals surface area contributed by atoms with E-state index in [1.54, 1.807) is 18.2 Å². The van der Waals surface area contributed by atoms with Gasteiger partial charge in [-0.3, -0.25) is 9.59 Å². The number of rotatable bonds is 1. The smallest absolute Gasteiger partial charge is 0.151 e. The second-order valence-corrected chi connectivity index (χ2v) is 5.54. The molecule has 1 aromatic carbocycles. The highest BCUT2D eigenvalue weighted by atomic mass is 35.5. The van der Waals surface area contributed by atoms with Gasteiger partial charge in [-0.05, 0) is 30.5 Å². The summed E-state index contributed by atoms with van der Waals surface area (Å²) in [5, 5.41) is 0.921. The van der Waals surface area contributed by atoms with Crippen molar-refractivity contribution in [3.05, 3.63) is 33.8 Å². The van der Waals surface area contributed by atoms with Gasteiger partial charge in [0, 0.05) is 21.9 Å². The molecule has 0 spiro atoms. The maximum absolute atomic E-state index is 12.1. The summed E-state index contributed by atoms with van der Waals surface area (Å²) in [7, 11) is 0. The molecular weight excluding hydrogens is 259 g/mol. The Balaban J connectivity index is 2.04. The predicted molar refractivity (Wildman–Crippen MR) is 65.4 cm³/mol. The molecule has 17 heavy (non-hydrogen) atoms. The van der Waals surface area contributed by atoms with Gasteiger partial charge in [0.25, 0.3) is 0 Å². The Morgan fingerprint density at radius 1 is 1.00 bits per heavy atom. The molecule has 2 unspecified atom stereocenters. The van der Waals surface area contributed by atoms with E-state index in [1.807, 2.05) is 0 Å². The molecular formula is C13H10Cl2O2. The van der Waals surface area contributed by atoms with Crippen LogP contribution in [0.3, 0.4) is 0 Å². The van der Waals surface area contributed by atoms with Crippen LogP contribution in [0.25, 0.3) is 0 Å². The van der Waals surface area contributed by atoms with E-state index in [0.717, 1.165) is 12.8 Å². The van der Waals surface area contributed by atoms with Gasteiger partial charge in [0.15, 0.2) is 11.6 Å². The zero-order valence-electron chi connectivity index (χ0n) is 8.95. The molecule has 3 rings (SSSR count). The van der Waals surface area contributed by atoms with Crippen molar-refractivity contribution in [3.63, 3.8) is 0 Å². The highest BCUT2D eigenvalue weighted by Gasteiger charge is 2.54. The molecule has 2 nitrogen and oxygen atoms in total. The summed E-state index contributed by atoms with van der Waals surface area (Å²) >= 11 is 11.9. The van der Waals surface area contributed by atoms with Gasteiger partial charge in [-0.2, -0.15) is 0 Å². The normalized spacial score (nSPS) is 31.3. The van der Waals surface area contributed by atoms with Crippen LogP contribution in [0.1, 0.15) is 24.3 Å². The monoisotopic (exact) mass is 268 g/mol. The lowest BCUT2D eigenvalue weighted by Gasteiger charge is -2.26. The van der Waals surface area contributed by atoms with Crippen molar-refractivity contribution in [3.8, 4) is 0 Å². The predicted octanol–water partition coefficient (Wildman–Crippen LogP) is 3.26. The lowest BCUT2D eigenvalue weighted by Crippen LogP contribution is -2.27. The Morgan fingerprint density at radius 2 is 1.59 bits per heavy atom. The van der Waals surface area contributed by atoms with Crippen LogP contribution >= 0.6 is 23.2 Å². The van der Waals surface area contributed by atoms with Crippen molar-refractivity contribution in [1.29, 1.82) is 0 Å². The topological polar surface area (TPSA) is 34.1 Å². The number of ketones is 2. The van der Waals surface area contributed by atoms with Crippen LogP contribution in [-0.4, -0.2) is 11.6 Å². The number of halogens is 2. The Kier molecular flexibility index (Phi) is 2.53. The van der Waals surface area contributed by atoms with Gasteiger partial charge in [-0.15, -0.1) is 0 Å². The van der Waals surface area contributed by atoms with Crippen molar-refractivity contribution >= 4 is 34.8 Å². The molecule has 2 saturated carbocycles. The minimum absolute atomic E-state index is 0.0375. The first-order chi connectivity index (χ1) is 8.09. The first-order valence-corrected chi connectivity index (χ1v) is 6.37. The SMILES string of the molecule is O=C1C(c2ccc(Cl)cc2Cl)C(=O)C2CCC12. The molecule has 0 N–H and O–H groups in total. The lowest BCUT2D eigenvalue weighted by atomic mass is 9.76. The molecule has 2 aliphatic rings.